The molecule has 0 radical (unpaired) electrons. The van der Waals surface area contributed by atoms with Crippen LogP contribution in [0.25, 0.3) is 0 Å². The van der Waals surface area contributed by atoms with E-state index in [2.05, 4.69) is 5.38 Å². The summed E-state index contributed by atoms with van der Waals surface area (Å²) in [6, 6.07) is 7.06. The summed E-state index contributed by atoms with van der Waals surface area (Å²) < 4.78 is 13.8. The number of hydrogen-bond acceptors (Lipinski definition) is 2. The Labute approximate surface area is 109 Å². The minimum Gasteiger partial charge on any atom is -0.368 e. The van der Waals surface area contributed by atoms with E-state index in [-0.39, 0.29) is 5.82 Å². The van der Waals surface area contributed by atoms with Crippen LogP contribution in [0.3, 0.4) is 0 Å². The highest BCUT2D eigenvalue weighted by molar-refractivity contribution is 7.07. The van der Waals surface area contributed by atoms with Crippen LogP contribution >= 0.6 is 22.9 Å². The minimum atomic E-state index is -0.221. The third-order valence-electron chi connectivity index (χ3n) is 2.60. The fourth-order valence-corrected chi connectivity index (χ4v) is 2.71. The van der Waals surface area contributed by atoms with Gasteiger partial charge in [0.2, 0.25) is 0 Å². The molecule has 90 valence electrons. The summed E-state index contributed by atoms with van der Waals surface area (Å²) in [5, 5.41) is 4.09. The molecule has 2 rings (SSSR count). The maximum Gasteiger partial charge on any atom is 0.146 e. The summed E-state index contributed by atoms with van der Waals surface area (Å²) in [5.74, 6) is 0.0991. The molecule has 1 nitrogen and oxygen atoms in total. The highest BCUT2D eigenvalue weighted by Crippen LogP contribution is 2.26. The van der Waals surface area contributed by atoms with Gasteiger partial charge >= 0.3 is 0 Å². The van der Waals surface area contributed by atoms with Crippen molar-refractivity contribution in [3.8, 4) is 0 Å². The van der Waals surface area contributed by atoms with Crippen molar-refractivity contribution < 1.29 is 4.39 Å². The number of hydrogen-bond donors (Lipinski definition) is 0. The van der Waals surface area contributed by atoms with Gasteiger partial charge in [0.1, 0.15) is 5.82 Å². The minimum absolute atomic E-state index is 0.221. The number of nitrogens with zero attached hydrogens (tertiary/aromatic N) is 1. The van der Waals surface area contributed by atoms with Gasteiger partial charge in [0, 0.05) is 19.5 Å². The van der Waals surface area contributed by atoms with Gasteiger partial charge in [-0.2, -0.15) is 11.3 Å². The van der Waals surface area contributed by atoms with Gasteiger partial charge in [-0.25, -0.2) is 4.39 Å². The second kappa shape index (κ2) is 5.52. The first kappa shape index (κ1) is 12.4. The molecule has 0 N–H and O–H groups in total. The van der Waals surface area contributed by atoms with Gasteiger partial charge in [-0.3, -0.25) is 0 Å². The van der Waals surface area contributed by atoms with Gasteiger partial charge < -0.3 is 4.90 Å². The normalized spacial score (nSPS) is 10.5. The molecule has 0 amide bonds. The third-order valence-corrected chi connectivity index (χ3v) is 3.62. The molecule has 4 heteroatoms. The molecule has 0 aliphatic carbocycles. The fourth-order valence-electron chi connectivity index (χ4n) is 1.83. The van der Waals surface area contributed by atoms with Gasteiger partial charge in [0.15, 0.2) is 0 Å². The van der Waals surface area contributed by atoms with Crippen LogP contribution < -0.4 is 4.90 Å². The average molecular weight is 270 g/mol. The number of anilines is 1. The molecule has 0 spiro atoms. The number of benzene rings is 1. The first-order valence-electron chi connectivity index (χ1n) is 5.28. The van der Waals surface area contributed by atoms with Gasteiger partial charge in [0.25, 0.3) is 0 Å². The standard InChI is InChI=1S/C13H13ClFNS/c1-16(8-10-5-6-17-9-10)13-11(7-14)3-2-4-12(13)15/h2-6,9H,7-8H2,1H3. The van der Waals surface area contributed by atoms with Crippen molar-refractivity contribution >= 4 is 28.6 Å². The van der Waals surface area contributed by atoms with E-state index in [0.717, 1.165) is 5.56 Å². The molecule has 0 bridgehead atoms. The Morgan fingerprint density at radius 3 is 2.82 bits per heavy atom. The van der Waals surface area contributed by atoms with E-state index in [1.165, 1.54) is 11.6 Å². The van der Waals surface area contributed by atoms with E-state index < -0.39 is 0 Å². The van der Waals surface area contributed by atoms with Crippen molar-refractivity contribution in [2.24, 2.45) is 0 Å². The SMILES string of the molecule is CN(Cc1ccsc1)c1c(F)cccc1CCl. The van der Waals surface area contributed by atoms with E-state index in [4.69, 9.17) is 11.6 Å². The van der Waals surface area contributed by atoms with Crippen LogP contribution in [0.1, 0.15) is 11.1 Å². The summed E-state index contributed by atoms with van der Waals surface area (Å²) in [7, 11) is 1.88. The molecule has 1 heterocycles. The van der Waals surface area contributed by atoms with Gasteiger partial charge in [-0.15, -0.1) is 11.6 Å². The summed E-state index contributed by atoms with van der Waals surface area (Å²) in [5.41, 5.74) is 2.60. The van der Waals surface area contributed by atoms with Crippen LogP contribution in [-0.4, -0.2) is 7.05 Å². The molecule has 0 fully saturated rings. The lowest BCUT2D eigenvalue weighted by Gasteiger charge is -2.22. The molecular weight excluding hydrogens is 257 g/mol. The van der Waals surface area contributed by atoms with Gasteiger partial charge in [0.05, 0.1) is 5.69 Å². The van der Waals surface area contributed by atoms with Crippen molar-refractivity contribution in [2.45, 2.75) is 12.4 Å². The zero-order chi connectivity index (χ0) is 12.3. The van der Waals surface area contributed by atoms with E-state index in [1.54, 1.807) is 17.4 Å². The van der Waals surface area contributed by atoms with Crippen molar-refractivity contribution in [1.82, 2.24) is 0 Å². The van der Waals surface area contributed by atoms with Crippen molar-refractivity contribution in [1.29, 1.82) is 0 Å². The number of para-hydroxylation sites is 1. The summed E-state index contributed by atoms with van der Waals surface area (Å²) in [6.45, 7) is 0.689. The molecule has 0 aliphatic rings. The molecule has 0 aliphatic heterocycles. The summed E-state index contributed by atoms with van der Waals surface area (Å²) in [6.07, 6.45) is 0. The second-order valence-corrected chi connectivity index (χ2v) is 4.92. The highest BCUT2D eigenvalue weighted by Gasteiger charge is 2.12. The van der Waals surface area contributed by atoms with Crippen molar-refractivity contribution in [3.05, 3.63) is 52.0 Å². The van der Waals surface area contributed by atoms with Crippen molar-refractivity contribution in [2.75, 3.05) is 11.9 Å². The fraction of sp³-hybridized carbons (Fsp3) is 0.231. The first-order valence-corrected chi connectivity index (χ1v) is 6.75. The van der Waals surface area contributed by atoms with E-state index in [0.29, 0.717) is 18.1 Å². The zero-order valence-electron chi connectivity index (χ0n) is 9.49. The number of alkyl halides is 1. The van der Waals surface area contributed by atoms with Crippen LogP contribution in [-0.2, 0) is 12.4 Å². The monoisotopic (exact) mass is 269 g/mol. The van der Waals surface area contributed by atoms with Crippen LogP contribution in [0.5, 0.6) is 0 Å². The molecule has 0 saturated heterocycles. The van der Waals surface area contributed by atoms with Crippen LogP contribution in [0.2, 0.25) is 0 Å². The van der Waals surface area contributed by atoms with Crippen LogP contribution in [0.15, 0.2) is 35.0 Å². The number of halogens is 2. The lowest BCUT2D eigenvalue weighted by Crippen LogP contribution is -2.18. The molecular formula is C13H13ClFNS. The maximum atomic E-state index is 13.8. The predicted octanol–water partition coefficient (Wildman–Crippen LogP) is 4.26. The quantitative estimate of drug-likeness (QED) is 0.750. The van der Waals surface area contributed by atoms with Crippen LogP contribution in [0, 0.1) is 5.82 Å². The number of thiophene rings is 1. The zero-order valence-corrected chi connectivity index (χ0v) is 11.1. The summed E-state index contributed by atoms with van der Waals surface area (Å²) >= 11 is 7.48. The Balaban J connectivity index is 2.26. The first-order chi connectivity index (χ1) is 8.22. The molecule has 17 heavy (non-hydrogen) atoms. The largest absolute Gasteiger partial charge is 0.368 e. The molecule has 0 saturated carbocycles. The third kappa shape index (κ3) is 2.79. The predicted molar refractivity (Wildman–Crippen MR) is 72.4 cm³/mol. The highest BCUT2D eigenvalue weighted by atomic mass is 35.5. The van der Waals surface area contributed by atoms with Gasteiger partial charge in [-0.1, -0.05) is 12.1 Å². The van der Waals surface area contributed by atoms with Gasteiger partial charge in [-0.05, 0) is 34.0 Å². The second-order valence-electron chi connectivity index (χ2n) is 3.87. The van der Waals surface area contributed by atoms with Crippen LogP contribution in [0.4, 0.5) is 10.1 Å². The lowest BCUT2D eigenvalue weighted by molar-refractivity contribution is 0.620. The molecule has 1 aromatic carbocycles. The Bertz CT molecular complexity index is 484. The lowest BCUT2D eigenvalue weighted by atomic mass is 10.1. The smallest absolute Gasteiger partial charge is 0.146 e. The van der Waals surface area contributed by atoms with E-state index in [1.807, 2.05) is 29.5 Å². The molecule has 2 aromatic rings. The Morgan fingerprint density at radius 1 is 1.35 bits per heavy atom. The topological polar surface area (TPSA) is 3.24 Å². The Morgan fingerprint density at radius 2 is 2.18 bits per heavy atom. The van der Waals surface area contributed by atoms with E-state index in [9.17, 15) is 4.39 Å². The summed E-state index contributed by atoms with van der Waals surface area (Å²) in [4.78, 5) is 1.90. The average Bonchev–Trinajstić information content (AvgIpc) is 2.81. The van der Waals surface area contributed by atoms with Crippen molar-refractivity contribution in [3.63, 3.8) is 0 Å². The Kier molecular flexibility index (Phi) is 4.02. The maximum absolute atomic E-state index is 13.8. The van der Waals surface area contributed by atoms with E-state index >= 15 is 0 Å². The molecule has 0 atom stereocenters. The molecule has 1 aromatic heterocycles. The molecule has 0 unspecified atom stereocenters. The number of rotatable bonds is 4. The Hall–Kier alpha value is -1.06.